The molecule has 1 aromatic carbocycles. The number of hydrogen-bond donors (Lipinski definition) is 1. The van der Waals surface area contributed by atoms with E-state index in [-0.39, 0.29) is 6.04 Å². The first-order valence-electron chi connectivity index (χ1n) is 8.83. The van der Waals surface area contributed by atoms with Crippen LogP contribution in [0.2, 0.25) is 0 Å². The quantitative estimate of drug-likeness (QED) is 0.557. The van der Waals surface area contributed by atoms with E-state index in [1.807, 2.05) is 12.1 Å². The van der Waals surface area contributed by atoms with E-state index in [9.17, 15) is 0 Å². The Morgan fingerprint density at radius 2 is 1.92 bits per heavy atom. The molecular formula is C19H34N4O. The lowest BCUT2D eigenvalue weighted by Gasteiger charge is -2.27. The second-order valence-electron chi connectivity index (χ2n) is 6.19. The number of nitrogens with one attached hydrogen (secondary N) is 1. The Balaban J connectivity index is 2.96. The van der Waals surface area contributed by atoms with Gasteiger partial charge in [-0.25, -0.2) is 0 Å². The molecule has 5 heteroatoms. The molecule has 1 rings (SSSR count). The monoisotopic (exact) mass is 334 g/mol. The average molecular weight is 335 g/mol. The molecule has 1 atom stereocenters. The van der Waals surface area contributed by atoms with Crippen molar-refractivity contribution in [2.45, 2.75) is 32.7 Å². The molecule has 0 saturated carbocycles. The van der Waals surface area contributed by atoms with E-state index in [2.05, 4.69) is 62.2 Å². The van der Waals surface area contributed by atoms with Gasteiger partial charge in [0.15, 0.2) is 5.96 Å². The zero-order chi connectivity index (χ0) is 17.9. The van der Waals surface area contributed by atoms with Crippen molar-refractivity contribution in [1.82, 2.24) is 15.1 Å². The smallest absolute Gasteiger partial charge is 0.193 e. The van der Waals surface area contributed by atoms with E-state index < -0.39 is 0 Å². The van der Waals surface area contributed by atoms with Crippen LogP contribution in [0.25, 0.3) is 0 Å². The molecule has 0 heterocycles. The van der Waals surface area contributed by atoms with Gasteiger partial charge in [-0.3, -0.25) is 4.99 Å². The van der Waals surface area contributed by atoms with Crippen LogP contribution in [0, 0.1) is 0 Å². The van der Waals surface area contributed by atoms with Gasteiger partial charge >= 0.3 is 0 Å². The maximum atomic E-state index is 5.53. The molecular weight excluding hydrogens is 300 g/mol. The molecule has 1 N–H and O–H groups in total. The summed E-state index contributed by atoms with van der Waals surface area (Å²) in [4.78, 5) is 9.28. The number of methoxy groups -OCH3 is 1. The number of rotatable bonds is 9. The normalized spacial score (nSPS) is 13.0. The Bertz CT molecular complexity index is 502. The number of likely N-dealkylation sites (N-methyl/N-ethyl adjacent to an activating group) is 1. The molecule has 0 aliphatic rings. The highest BCUT2D eigenvalue weighted by Crippen LogP contribution is 2.28. The summed E-state index contributed by atoms with van der Waals surface area (Å²) < 4.78 is 5.53. The molecule has 1 aromatic rings. The second-order valence-corrected chi connectivity index (χ2v) is 6.19. The fourth-order valence-corrected chi connectivity index (χ4v) is 2.63. The first-order chi connectivity index (χ1) is 11.5. The summed E-state index contributed by atoms with van der Waals surface area (Å²) in [5, 5.41) is 3.39. The lowest BCUT2D eigenvalue weighted by Crippen LogP contribution is -2.40. The number of benzene rings is 1. The zero-order valence-electron chi connectivity index (χ0n) is 16.2. The number of unbranched alkanes of at least 4 members (excludes halogenated alkanes) is 1. The van der Waals surface area contributed by atoms with E-state index in [1.165, 1.54) is 18.4 Å². The molecule has 0 aromatic heterocycles. The van der Waals surface area contributed by atoms with Crippen LogP contribution < -0.4 is 10.1 Å². The van der Waals surface area contributed by atoms with Crippen molar-refractivity contribution in [3.63, 3.8) is 0 Å². The number of para-hydroxylation sites is 1. The highest BCUT2D eigenvalue weighted by molar-refractivity contribution is 5.79. The van der Waals surface area contributed by atoms with E-state index in [1.54, 1.807) is 7.11 Å². The zero-order valence-corrected chi connectivity index (χ0v) is 16.2. The third-order valence-electron chi connectivity index (χ3n) is 4.08. The van der Waals surface area contributed by atoms with Crippen molar-refractivity contribution in [1.29, 1.82) is 0 Å². The highest BCUT2D eigenvalue weighted by atomic mass is 16.5. The van der Waals surface area contributed by atoms with Gasteiger partial charge in [0, 0.05) is 25.7 Å². The number of ether oxygens (including phenoxy) is 1. The fraction of sp³-hybridized carbons (Fsp3) is 0.632. The minimum Gasteiger partial charge on any atom is -0.496 e. The van der Waals surface area contributed by atoms with E-state index in [0.29, 0.717) is 6.54 Å². The van der Waals surface area contributed by atoms with Crippen molar-refractivity contribution >= 4 is 5.96 Å². The van der Waals surface area contributed by atoms with Crippen LogP contribution in [0.15, 0.2) is 29.3 Å². The SMILES string of the molecule is CCCCN(C)C(=NCC(c1ccccc1OC)N(C)C)NCC. The van der Waals surface area contributed by atoms with Gasteiger partial charge < -0.3 is 19.9 Å². The number of nitrogens with zero attached hydrogens (tertiary/aromatic N) is 3. The molecule has 24 heavy (non-hydrogen) atoms. The van der Waals surface area contributed by atoms with Gasteiger partial charge in [0.2, 0.25) is 0 Å². The Labute approximate surface area is 147 Å². The Morgan fingerprint density at radius 1 is 1.21 bits per heavy atom. The molecule has 0 bridgehead atoms. The topological polar surface area (TPSA) is 40.1 Å². The van der Waals surface area contributed by atoms with Gasteiger partial charge in [-0.05, 0) is 33.5 Å². The largest absolute Gasteiger partial charge is 0.496 e. The maximum absolute atomic E-state index is 5.53. The van der Waals surface area contributed by atoms with Crippen LogP contribution in [-0.4, -0.2) is 63.6 Å². The molecule has 0 fully saturated rings. The van der Waals surface area contributed by atoms with Crippen LogP contribution in [0.4, 0.5) is 0 Å². The van der Waals surface area contributed by atoms with Crippen molar-refractivity contribution < 1.29 is 4.74 Å². The lowest BCUT2D eigenvalue weighted by atomic mass is 10.0. The van der Waals surface area contributed by atoms with Crippen molar-refractivity contribution in [3.05, 3.63) is 29.8 Å². The third kappa shape index (κ3) is 6.04. The van der Waals surface area contributed by atoms with Crippen LogP contribution in [0.3, 0.4) is 0 Å². The predicted octanol–water partition coefficient (Wildman–Crippen LogP) is 3.00. The molecule has 1 unspecified atom stereocenters. The van der Waals surface area contributed by atoms with Crippen molar-refractivity contribution in [3.8, 4) is 5.75 Å². The Hall–Kier alpha value is -1.75. The molecule has 5 nitrogen and oxygen atoms in total. The van der Waals surface area contributed by atoms with E-state index >= 15 is 0 Å². The summed E-state index contributed by atoms with van der Waals surface area (Å²) in [6.45, 7) is 6.89. The molecule has 0 spiro atoms. The van der Waals surface area contributed by atoms with Crippen LogP contribution in [-0.2, 0) is 0 Å². The fourth-order valence-electron chi connectivity index (χ4n) is 2.63. The van der Waals surface area contributed by atoms with Gasteiger partial charge in [-0.2, -0.15) is 0 Å². The number of aliphatic imine (C=N–C) groups is 1. The Kier molecular flexibility index (Phi) is 9.23. The van der Waals surface area contributed by atoms with Gasteiger partial charge in [0.1, 0.15) is 5.75 Å². The number of guanidine groups is 1. The van der Waals surface area contributed by atoms with Crippen molar-refractivity contribution in [2.24, 2.45) is 4.99 Å². The number of hydrogen-bond acceptors (Lipinski definition) is 3. The molecule has 0 amide bonds. The minimum atomic E-state index is 0.175. The highest BCUT2D eigenvalue weighted by Gasteiger charge is 2.18. The molecule has 0 aliphatic heterocycles. The van der Waals surface area contributed by atoms with Gasteiger partial charge in [-0.1, -0.05) is 31.5 Å². The minimum absolute atomic E-state index is 0.175. The lowest BCUT2D eigenvalue weighted by molar-refractivity contribution is 0.294. The summed E-state index contributed by atoms with van der Waals surface area (Å²) >= 11 is 0. The first-order valence-corrected chi connectivity index (χ1v) is 8.83. The van der Waals surface area contributed by atoms with E-state index in [4.69, 9.17) is 9.73 Å². The Morgan fingerprint density at radius 3 is 2.50 bits per heavy atom. The summed E-state index contributed by atoms with van der Waals surface area (Å²) in [7, 11) is 7.99. The van der Waals surface area contributed by atoms with Crippen molar-refractivity contribution in [2.75, 3.05) is 47.9 Å². The summed E-state index contributed by atoms with van der Waals surface area (Å²) in [5.41, 5.74) is 1.17. The average Bonchev–Trinajstić information content (AvgIpc) is 2.59. The molecule has 0 radical (unpaired) electrons. The molecule has 0 aliphatic carbocycles. The van der Waals surface area contributed by atoms with Gasteiger partial charge in [0.25, 0.3) is 0 Å². The van der Waals surface area contributed by atoms with Crippen LogP contribution in [0.1, 0.15) is 38.3 Å². The summed E-state index contributed by atoms with van der Waals surface area (Å²) in [6.07, 6.45) is 2.36. The molecule has 136 valence electrons. The molecule has 0 saturated heterocycles. The standard InChI is InChI=1S/C19H34N4O/c1-7-9-14-23(5)19(20-8-2)21-15-17(22(3)4)16-12-10-11-13-18(16)24-6/h10-13,17H,7-9,14-15H2,1-6H3,(H,20,21). The first kappa shape index (κ1) is 20.3. The maximum Gasteiger partial charge on any atom is 0.193 e. The summed E-state index contributed by atoms with van der Waals surface area (Å²) in [6, 6.07) is 8.35. The van der Waals surface area contributed by atoms with Gasteiger partial charge in [-0.15, -0.1) is 0 Å². The second kappa shape index (κ2) is 10.9. The predicted molar refractivity (Wildman–Crippen MR) is 103 cm³/mol. The van der Waals surface area contributed by atoms with Crippen LogP contribution in [0.5, 0.6) is 5.75 Å². The van der Waals surface area contributed by atoms with Gasteiger partial charge in [0.05, 0.1) is 19.7 Å². The van der Waals surface area contributed by atoms with E-state index in [0.717, 1.165) is 24.8 Å². The third-order valence-corrected chi connectivity index (χ3v) is 4.08. The van der Waals surface area contributed by atoms with Crippen LogP contribution >= 0.6 is 0 Å². The summed E-state index contributed by atoms with van der Waals surface area (Å²) in [5.74, 6) is 1.88.